The zero-order chi connectivity index (χ0) is 20.6. The lowest BCUT2D eigenvalue weighted by Crippen LogP contribution is -2.48. The molecule has 29 heavy (non-hydrogen) atoms. The topological polar surface area (TPSA) is 75.9 Å². The second-order valence-electron chi connectivity index (χ2n) is 6.70. The number of hydrogen-bond acceptors (Lipinski definition) is 6. The number of hydrogen-bond donors (Lipinski definition) is 0. The van der Waals surface area contributed by atoms with E-state index in [1.54, 1.807) is 24.3 Å². The van der Waals surface area contributed by atoms with Gasteiger partial charge in [0.25, 0.3) is 0 Å². The van der Waals surface area contributed by atoms with Gasteiger partial charge in [-0.3, -0.25) is 4.90 Å². The number of fused-ring (bicyclic) bond motifs is 1. The molecule has 2 aromatic carbocycles. The third-order valence-corrected chi connectivity index (χ3v) is 7.27. The molecule has 10 heteroatoms. The van der Waals surface area contributed by atoms with E-state index in [0.717, 1.165) is 0 Å². The van der Waals surface area contributed by atoms with Crippen LogP contribution in [0.2, 0.25) is 10.0 Å². The summed E-state index contributed by atoms with van der Waals surface area (Å²) in [7, 11) is -2.13. The Bertz CT molecular complexity index is 1140. The summed E-state index contributed by atoms with van der Waals surface area (Å²) in [6.07, 6.45) is 0. The van der Waals surface area contributed by atoms with Crippen LogP contribution in [0, 0.1) is 0 Å². The number of halogens is 2. The van der Waals surface area contributed by atoms with E-state index in [-0.39, 0.29) is 9.92 Å². The van der Waals surface area contributed by atoms with Crippen LogP contribution in [-0.4, -0.2) is 55.9 Å². The van der Waals surface area contributed by atoms with Gasteiger partial charge in [0.05, 0.1) is 23.6 Å². The maximum atomic E-state index is 12.9. The van der Waals surface area contributed by atoms with Crippen LogP contribution in [0.1, 0.15) is 5.89 Å². The molecular weight excluding hydrogens is 437 g/mol. The van der Waals surface area contributed by atoms with Gasteiger partial charge in [-0.1, -0.05) is 23.2 Å². The Balaban J connectivity index is 1.42. The first kappa shape index (κ1) is 20.4. The summed E-state index contributed by atoms with van der Waals surface area (Å²) in [5.74, 6) is 1.02. The number of benzene rings is 2. The lowest BCUT2D eigenvalue weighted by molar-refractivity contribution is 0.169. The van der Waals surface area contributed by atoms with Gasteiger partial charge >= 0.3 is 0 Å². The highest BCUT2D eigenvalue weighted by Crippen LogP contribution is 2.29. The molecule has 0 radical (unpaired) electrons. The predicted molar refractivity (Wildman–Crippen MR) is 111 cm³/mol. The summed E-state index contributed by atoms with van der Waals surface area (Å²) in [4.78, 5) is 6.73. The summed E-state index contributed by atoms with van der Waals surface area (Å²) in [5, 5.41) is 0.873. The zero-order valence-electron chi connectivity index (χ0n) is 15.6. The van der Waals surface area contributed by atoms with E-state index >= 15 is 0 Å². The minimum absolute atomic E-state index is 0.160. The number of sulfonamides is 1. The first-order valence-electron chi connectivity index (χ1n) is 8.98. The van der Waals surface area contributed by atoms with Crippen molar-refractivity contribution < 1.29 is 17.6 Å². The molecule has 7 nitrogen and oxygen atoms in total. The number of piperazine rings is 1. The van der Waals surface area contributed by atoms with E-state index in [2.05, 4.69) is 9.88 Å². The number of oxazole rings is 1. The lowest BCUT2D eigenvalue weighted by atomic mass is 10.3. The van der Waals surface area contributed by atoms with Crippen molar-refractivity contribution in [2.75, 3.05) is 33.3 Å². The first-order valence-corrected chi connectivity index (χ1v) is 11.2. The molecule has 4 rings (SSSR count). The molecule has 0 amide bonds. The smallest absolute Gasteiger partial charge is 0.243 e. The molecule has 1 aliphatic heterocycles. The van der Waals surface area contributed by atoms with Crippen LogP contribution in [0.3, 0.4) is 0 Å². The van der Waals surface area contributed by atoms with E-state index in [9.17, 15) is 8.42 Å². The van der Waals surface area contributed by atoms with Crippen molar-refractivity contribution >= 4 is 44.3 Å². The highest BCUT2D eigenvalue weighted by Gasteiger charge is 2.29. The molecule has 0 aliphatic carbocycles. The first-order chi connectivity index (χ1) is 13.9. The van der Waals surface area contributed by atoms with Gasteiger partial charge in [-0.25, -0.2) is 13.4 Å². The van der Waals surface area contributed by atoms with Crippen molar-refractivity contribution in [3.05, 3.63) is 52.3 Å². The molecule has 0 N–H and O–H groups in total. The van der Waals surface area contributed by atoms with Crippen molar-refractivity contribution in [3.63, 3.8) is 0 Å². The Kier molecular flexibility index (Phi) is 5.72. The second kappa shape index (κ2) is 8.12. The second-order valence-corrected chi connectivity index (χ2v) is 9.48. The molecule has 1 fully saturated rings. The fraction of sp³-hybridized carbons (Fsp3) is 0.316. The number of methoxy groups -OCH3 is 1. The van der Waals surface area contributed by atoms with E-state index in [0.29, 0.717) is 60.5 Å². The van der Waals surface area contributed by atoms with Crippen molar-refractivity contribution in [1.82, 2.24) is 14.2 Å². The van der Waals surface area contributed by atoms with E-state index in [4.69, 9.17) is 32.4 Å². The van der Waals surface area contributed by atoms with Crippen LogP contribution in [0.5, 0.6) is 5.75 Å². The van der Waals surface area contributed by atoms with E-state index in [1.807, 2.05) is 0 Å². The highest BCUT2D eigenvalue weighted by atomic mass is 35.5. The Labute approximate surface area is 178 Å². The monoisotopic (exact) mass is 455 g/mol. The van der Waals surface area contributed by atoms with Gasteiger partial charge in [0.15, 0.2) is 5.58 Å². The Morgan fingerprint density at radius 1 is 1.10 bits per heavy atom. The van der Waals surface area contributed by atoms with Crippen molar-refractivity contribution in [2.45, 2.75) is 11.4 Å². The predicted octanol–water partition coefficient (Wildman–Crippen LogP) is 3.65. The van der Waals surface area contributed by atoms with Crippen LogP contribution >= 0.6 is 23.2 Å². The molecule has 0 saturated carbocycles. The molecule has 154 valence electrons. The third kappa shape index (κ3) is 4.22. The van der Waals surface area contributed by atoms with Gasteiger partial charge < -0.3 is 9.15 Å². The van der Waals surface area contributed by atoms with Gasteiger partial charge in [0.1, 0.15) is 11.3 Å². The maximum absolute atomic E-state index is 12.9. The Morgan fingerprint density at radius 3 is 2.55 bits per heavy atom. The number of rotatable bonds is 5. The van der Waals surface area contributed by atoms with Gasteiger partial charge in [0, 0.05) is 31.2 Å². The summed E-state index contributed by atoms with van der Waals surface area (Å²) in [5.41, 5.74) is 1.40. The Morgan fingerprint density at radius 2 is 1.86 bits per heavy atom. The highest BCUT2D eigenvalue weighted by molar-refractivity contribution is 7.89. The number of nitrogens with zero attached hydrogens (tertiary/aromatic N) is 3. The largest absolute Gasteiger partial charge is 0.495 e. The van der Waals surface area contributed by atoms with E-state index in [1.165, 1.54) is 23.5 Å². The molecular formula is C19H19Cl2N3O4S. The summed E-state index contributed by atoms with van der Waals surface area (Å²) >= 11 is 12.1. The molecule has 0 atom stereocenters. The van der Waals surface area contributed by atoms with Crippen LogP contribution in [-0.2, 0) is 16.6 Å². The molecule has 1 aromatic heterocycles. The fourth-order valence-corrected chi connectivity index (χ4v) is 5.23. The lowest BCUT2D eigenvalue weighted by Gasteiger charge is -2.33. The van der Waals surface area contributed by atoms with Gasteiger partial charge in [-0.05, 0) is 36.4 Å². The minimum Gasteiger partial charge on any atom is -0.495 e. The van der Waals surface area contributed by atoms with Gasteiger partial charge in [-0.2, -0.15) is 4.31 Å². The standard InChI is InChI=1S/C19H19Cl2N3O4S/c1-27-17-5-3-14(11-15(17)21)29(25,26)24-8-6-23(7-9-24)12-19-22-16-10-13(20)2-4-18(16)28-19/h2-5,10-11H,6-9,12H2,1H3. The SMILES string of the molecule is COc1ccc(S(=O)(=O)N2CCN(Cc3nc4cc(Cl)ccc4o3)CC2)cc1Cl. The quantitative estimate of drug-likeness (QED) is 0.584. The minimum atomic E-state index is -3.62. The molecule has 0 bridgehead atoms. The van der Waals surface area contributed by atoms with Crippen molar-refractivity contribution in [1.29, 1.82) is 0 Å². The summed E-state index contributed by atoms with van der Waals surface area (Å²) in [6, 6.07) is 9.80. The van der Waals surface area contributed by atoms with Crippen LogP contribution in [0.15, 0.2) is 45.7 Å². The summed E-state index contributed by atoms with van der Waals surface area (Å²) in [6.45, 7) is 2.40. The summed E-state index contributed by atoms with van der Waals surface area (Å²) < 4.78 is 38.1. The number of aromatic nitrogens is 1. The average molecular weight is 456 g/mol. The van der Waals surface area contributed by atoms with E-state index < -0.39 is 10.0 Å². The molecule has 3 aromatic rings. The van der Waals surface area contributed by atoms with Gasteiger partial charge in [0.2, 0.25) is 15.9 Å². The van der Waals surface area contributed by atoms with Crippen molar-refractivity contribution in [3.8, 4) is 5.75 Å². The molecule has 1 aliphatic rings. The average Bonchev–Trinajstić information content (AvgIpc) is 3.09. The zero-order valence-corrected chi connectivity index (χ0v) is 18.0. The van der Waals surface area contributed by atoms with Crippen LogP contribution in [0.4, 0.5) is 0 Å². The normalized spacial score (nSPS) is 16.4. The number of ether oxygens (including phenoxy) is 1. The molecule has 0 unspecified atom stereocenters. The third-order valence-electron chi connectivity index (χ3n) is 4.85. The van der Waals surface area contributed by atoms with Crippen molar-refractivity contribution in [2.24, 2.45) is 0 Å². The van der Waals surface area contributed by atoms with Crippen LogP contribution in [0.25, 0.3) is 11.1 Å². The maximum Gasteiger partial charge on any atom is 0.243 e. The van der Waals surface area contributed by atoms with Crippen LogP contribution < -0.4 is 4.74 Å². The molecule has 0 spiro atoms. The Hall–Kier alpha value is -1.84. The fourth-order valence-electron chi connectivity index (χ4n) is 3.29. The molecule has 2 heterocycles. The van der Waals surface area contributed by atoms with Gasteiger partial charge in [-0.15, -0.1) is 0 Å². The molecule has 1 saturated heterocycles.